The van der Waals surface area contributed by atoms with Gasteiger partial charge in [-0.05, 0) is 47.7 Å². The number of anilines is 1. The van der Waals surface area contributed by atoms with Gasteiger partial charge in [-0.15, -0.1) is 11.8 Å². The van der Waals surface area contributed by atoms with Crippen LogP contribution in [0, 0.1) is 6.92 Å². The lowest BCUT2D eigenvalue weighted by Gasteiger charge is -2.20. The number of carbonyl (C=O) groups excluding carboxylic acids is 1. The number of thioether (sulfide) groups is 1. The van der Waals surface area contributed by atoms with Gasteiger partial charge in [0.2, 0.25) is 5.91 Å². The summed E-state index contributed by atoms with van der Waals surface area (Å²) in [5.74, 6) is -0.903. The lowest BCUT2D eigenvalue weighted by atomic mass is 9.87. The Bertz CT molecular complexity index is 794. The maximum absolute atomic E-state index is 12.2. The van der Waals surface area contributed by atoms with E-state index < -0.39 is 5.97 Å². The third kappa shape index (κ3) is 5.36. The first-order valence-corrected chi connectivity index (χ1v) is 9.02. The number of hydrogen-bond donors (Lipinski definition) is 2. The fourth-order valence-corrected chi connectivity index (χ4v) is 3.16. The summed E-state index contributed by atoms with van der Waals surface area (Å²) in [5, 5.41) is 11.7. The molecule has 132 valence electrons. The number of rotatable bonds is 5. The van der Waals surface area contributed by atoms with Crippen molar-refractivity contribution in [1.29, 1.82) is 0 Å². The van der Waals surface area contributed by atoms with Crippen molar-refractivity contribution >= 4 is 29.3 Å². The minimum Gasteiger partial charge on any atom is -0.478 e. The Kier molecular flexibility index (Phi) is 5.90. The molecule has 5 heteroatoms. The Morgan fingerprint density at radius 3 is 2.48 bits per heavy atom. The van der Waals surface area contributed by atoms with Crippen molar-refractivity contribution in [3.63, 3.8) is 0 Å². The molecule has 0 radical (unpaired) electrons. The van der Waals surface area contributed by atoms with Crippen molar-refractivity contribution in [2.24, 2.45) is 0 Å². The number of aromatic carboxylic acids is 1. The van der Waals surface area contributed by atoms with Gasteiger partial charge in [0.15, 0.2) is 0 Å². The minimum absolute atomic E-state index is 0.0581. The molecule has 0 aliphatic heterocycles. The summed E-state index contributed by atoms with van der Waals surface area (Å²) in [4.78, 5) is 24.2. The summed E-state index contributed by atoms with van der Waals surface area (Å²) in [6.45, 7) is 8.51. The Labute approximate surface area is 152 Å². The van der Waals surface area contributed by atoms with E-state index in [9.17, 15) is 9.59 Å². The molecule has 0 saturated carbocycles. The van der Waals surface area contributed by atoms with E-state index in [0.717, 1.165) is 10.5 Å². The second-order valence-corrected chi connectivity index (χ2v) is 7.97. The molecular formula is C20H23NO3S. The summed E-state index contributed by atoms with van der Waals surface area (Å²) < 4.78 is 0. The van der Waals surface area contributed by atoms with E-state index in [-0.39, 0.29) is 22.6 Å². The van der Waals surface area contributed by atoms with Crippen LogP contribution >= 0.6 is 11.8 Å². The SMILES string of the molecule is Cc1ccc(C(C)(C)C)cc1SCC(=O)Nc1cccc(C(=O)O)c1. The molecule has 0 bridgehead atoms. The summed E-state index contributed by atoms with van der Waals surface area (Å²) in [6, 6.07) is 12.6. The van der Waals surface area contributed by atoms with Crippen LogP contribution in [0.4, 0.5) is 5.69 Å². The molecule has 0 spiro atoms. The van der Waals surface area contributed by atoms with Crippen LogP contribution in [0.5, 0.6) is 0 Å². The Morgan fingerprint density at radius 1 is 1.12 bits per heavy atom. The first-order valence-electron chi connectivity index (χ1n) is 8.04. The number of nitrogens with one attached hydrogen (secondary N) is 1. The fourth-order valence-electron chi connectivity index (χ4n) is 2.29. The molecule has 25 heavy (non-hydrogen) atoms. The molecule has 4 nitrogen and oxygen atoms in total. The van der Waals surface area contributed by atoms with E-state index in [1.165, 1.54) is 29.5 Å². The van der Waals surface area contributed by atoms with E-state index in [4.69, 9.17) is 5.11 Å². The third-order valence-corrected chi connectivity index (χ3v) is 4.96. The Balaban J connectivity index is 2.03. The molecule has 0 heterocycles. The zero-order valence-electron chi connectivity index (χ0n) is 14.9. The van der Waals surface area contributed by atoms with Gasteiger partial charge in [-0.3, -0.25) is 4.79 Å². The van der Waals surface area contributed by atoms with E-state index >= 15 is 0 Å². The van der Waals surface area contributed by atoms with Gasteiger partial charge in [0.05, 0.1) is 11.3 Å². The molecule has 1 amide bonds. The molecule has 0 aliphatic rings. The van der Waals surface area contributed by atoms with Gasteiger partial charge >= 0.3 is 5.97 Å². The van der Waals surface area contributed by atoms with Gasteiger partial charge in [0.25, 0.3) is 0 Å². The van der Waals surface area contributed by atoms with Gasteiger partial charge in [0, 0.05) is 10.6 Å². The molecule has 0 aliphatic carbocycles. The maximum atomic E-state index is 12.2. The number of carbonyl (C=O) groups is 2. The number of hydrogen-bond acceptors (Lipinski definition) is 3. The van der Waals surface area contributed by atoms with Crippen molar-refractivity contribution in [2.45, 2.75) is 38.0 Å². The summed E-state index contributed by atoms with van der Waals surface area (Å²) in [7, 11) is 0. The smallest absolute Gasteiger partial charge is 0.335 e. The van der Waals surface area contributed by atoms with Crippen molar-refractivity contribution in [1.82, 2.24) is 0 Å². The van der Waals surface area contributed by atoms with Crippen molar-refractivity contribution in [2.75, 3.05) is 11.1 Å². The van der Waals surface area contributed by atoms with E-state index in [1.807, 2.05) is 6.92 Å². The minimum atomic E-state index is -1.01. The molecule has 0 saturated heterocycles. The van der Waals surface area contributed by atoms with E-state index in [0.29, 0.717) is 5.69 Å². The lowest BCUT2D eigenvalue weighted by molar-refractivity contribution is -0.113. The first-order chi connectivity index (χ1) is 11.7. The normalized spacial score (nSPS) is 11.2. The number of carboxylic acids is 1. The Hall–Kier alpha value is -2.27. The predicted octanol–water partition coefficient (Wildman–Crippen LogP) is 4.72. The molecule has 2 aromatic rings. The standard InChI is InChI=1S/C20H23NO3S/c1-13-8-9-15(20(2,3)4)11-17(13)25-12-18(22)21-16-7-5-6-14(10-16)19(23)24/h5-11H,12H2,1-4H3,(H,21,22)(H,23,24). The Morgan fingerprint density at radius 2 is 1.84 bits per heavy atom. The molecule has 2 aromatic carbocycles. The number of aryl methyl sites for hydroxylation is 1. The van der Waals surface area contributed by atoms with Gasteiger partial charge in [-0.25, -0.2) is 4.79 Å². The van der Waals surface area contributed by atoms with Crippen molar-refractivity contribution in [3.8, 4) is 0 Å². The van der Waals surface area contributed by atoms with Gasteiger partial charge in [-0.1, -0.05) is 39.0 Å². The number of amides is 1. The molecule has 0 atom stereocenters. The third-order valence-electron chi connectivity index (χ3n) is 3.81. The largest absolute Gasteiger partial charge is 0.478 e. The second-order valence-electron chi connectivity index (χ2n) is 6.95. The highest BCUT2D eigenvalue weighted by Crippen LogP contribution is 2.29. The van der Waals surface area contributed by atoms with Gasteiger partial charge in [-0.2, -0.15) is 0 Å². The van der Waals surface area contributed by atoms with Crippen LogP contribution in [0.25, 0.3) is 0 Å². The molecule has 0 unspecified atom stereocenters. The average molecular weight is 357 g/mol. The van der Waals surface area contributed by atoms with Crippen LogP contribution in [-0.2, 0) is 10.2 Å². The first kappa shape index (κ1) is 19.1. The second kappa shape index (κ2) is 7.74. The zero-order valence-corrected chi connectivity index (χ0v) is 15.7. The molecule has 2 rings (SSSR count). The summed E-state index contributed by atoms with van der Waals surface area (Å²) >= 11 is 1.49. The van der Waals surface area contributed by atoms with Crippen LogP contribution in [0.1, 0.15) is 42.3 Å². The highest BCUT2D eigenvalue weighted by Gasteiger charge is 2.15. The van der Waals surface area contributed by atoms with Crippen LogP contribution in [0.15, 0.2) is 47.4 Å². The highest BCUT2D eigenvalue weighted by atomic mass is 32.2. The van der Waals surface area contributed by atoms with Gasteiger partial charge in [0.1, 0.15) is 0 Å². The number of carboxylic acid groups (broad SMARTS) is 1. The van der Waals surface area contributed by atoms with Crippen LogP contribution < -0.4 is 5.32 Å². The number of benzene rings is 2. The fraction of sp³-hybridized carbons (Fsp3) is 0.300. The molecule has 0 fully saturated rings. The quantitative estimate of drug-likeness (QED) is 0.760. The molecule has 2 N–H and O–H groups in total. The zero-order chi connectivity index (χ0) is 18.6. The molecular weight excluding hydrogens is 334 g/mol. The maximum Gasteiger partial charge on any atom is 0.335 e. The molecule has 0 aromatic heterocycles. The lowest BCUT2D eigenvalue weighted by Crippen LogP contribution is -2.15. The topological polar surface area (TPSA) is 66.4 Å². The van der Waals surface area contributed by atoms with Crippen molar-refractivity contribution in [3.05, 3.63) is 59.2 Å². The van der Waals surface area contributed by atoms with E-state index in [2.05, 4.69) is 44.3 Å². The summed E-state index contributed by atoms with van der Waals surface area (Å²) in [6.07, 6.45) is 0. The van der Waals surface area contributed by atoms with Gasteiger partial charge < -0.3 is 10.4 Å². The van der Waals surface area contributed by atoms with Crippen LogP contribution in [0.3, 0.4) is 0 Å². The van der Waals surface area contributed by atoms with Crippen LogP contribution in [0.2, 0.25) is 0 Å². The summed E-state index contributed by atoms with van der Waals surface area (Å²) in [5.41, 5.74) is 3.07. The highest BCUT2D eigenvalue weighted by molar-refractivity contribution is 8.00. The van der Waals surface area contributed by atoms with Crippen LogP contribution in [-0.4, -0.2) is 22.7 Å². The predicted molar refractivity (Wildman–Crippen MR) is 103 cm³/mol. The average Bonchev–Trinajstić information content (AvgIpc) is 2.53. The van der Waals surface area contributed by atoms with Crippen molar-refractivity contribution < 1.29 is 14.7 Å². The monoisotopic (exact) mass is 357 g/mol. The van der Waals surface area contributed by atoms with E-state index in [1.54, 1.807) is 12.1 Å².